The number of rotatable bonds is 1. The van der Waals surface area contributed by atoms with Gasteiger partial charge in [-0.1, -0.05) is 6.07 Å². The van der Waals surface area contributed by atoms with Gasteiger partial charge >= 0.3 is 0 Å². The normalized spacial score (nSPS) is 9.56. The van der Waals surface area contributed by atoms with Crippen molar-refractivity contribution in [2.24, 2.45) is 0 Å². The molecule has 47 valence electrons. The van der Waals surface area contributed by atoms with Crippen LogP contribution in [0.5, 0.6) is 0 Å². The third-order valence-electron chi connectivity index (χ3n) is 1.05. The van der Waals surface area contributed by atoms with E-state index in [9.17, 15) is 0 Å². The smallest absolute Gasteiger partial charge is 0.0945 e. The average molecular weight is 122 g/mol. The van der Waals surface area contributed by atoms with Gasteiger partial charge in [0.25, 0.3) is 0 Å². The summed E-state index contributed by atoms with van der Waals surface area (Å²) in [5.41, 5.74) is 1.80. The molecule has 1 aromatic heterocycles. The van der Waals surface area contributed by atoms with Gasteiger partial charge in [-0.3, -0.25) is 4.98 Å². The van der Waals surface area contributed by atoms with Crippen molar-refractivity contribution in [2.45, 2.75) is 13.5 Å². The second-order valence-corrected chi connectivity index (χ2v) is 1.94. The summed E-state index contributed by atoms with van der Waals surface area (Å²) in [6, 6.07) is 1.85. The number of aliphatic hydroxyl groups excluding tert-OH is 1. The molecule has 0 bridgehead atoms. The number of aliphatic hydroxyl groups is 1. The molecule has 1 heterocycles. The van der Waals surface area contributed by atoms with Crippen LogP contribution in [0.2, 0.25) is 0 Å². The summed E-state index contributed by atoms with van der Waals surface area (Å²) in [7, 11) is 0. The van der Waals surface area contributed by atoms with Gasteiger partial charge in [0.15, 0.2) is 0 Å². The van der Waals surface area contributed by atoms with E-state index in [0.29, 0.717) is 0 Å². The molecule has 0 aromatic carbocycles. The predicted molar refractivity (Wildman–Crippen MR) is 33.7 cm³/mol. The molecule has 1 rings (SSSR count). The van der Waals surface area contributed by atoms with Crippen LogP contribution >= 0.6 is 0 Å². The highest BCUT2D eigenvalue weighted by atomic mass is 16.3. The Morgan fingerprint density at radius 2 is 2.56 bits per heavy atom. The first-order valence-electron chi connectivity index (χ1n) is 2.77. The van der Waals surface area contributed by atoms with E-state index >= 15 is 0 Å². The summed E-state index contributed by atoms with van der Waals surface area (Å²) in [5.74, 6) is 0. The van der Waals surface area contributed by atoms with Crippen molar-refractivity contribution in [3.05, 3.63) is 29.6 Å². The molecule has 0 amide bonds. The first kappa shape index (κ1) is 6.23. The maximum atomic E-state index is 8.59. The van der Waals surface area contributed by atoms with Crippen LogP contribution in [-0.4, -0.2) is 10.1 Å². The Kier molecular flexibility index (Phi) is 1.80. The minimum absolute atomic E-state index is 0.0225. The standard InChI is InChI=1S/C7H8NO/c1-6-2-7(5-9)4-8-3-6/h2-3,9H,5H2,1H3. The van der Waals surface area contributed by atoms with E-state index in [4.69, 9.17) is 5.11 Å². The number of nitrogens with zero attached hydrogens (tertiary/aromatic N) is 1. The molecule has 0 saturated carbocycles. The monoisotopic (exact) mass is 122 g/mol. The quantitative estimate of drug-likeness (QED) is 0.594. The zero-order chi connectivity index (χ0) is 6.69. The Bertz CT molecular complexity index is 198. The predicted octanol–water partition coefficient (Wildman–Crippen LogP) is 0.683. The van der Waals surface area contributed by atoms with Crippen LogP contribution in [0.3, 0.4) is 0 Å². The molecule has 1 N–H and O–H groups in total. The fourth-order valence-electron chi connectivity index (χ4n) is 0.642. The van der Waals surface area contributed by atoms with E-state index in [1.54, 1.807) is 6.20 Å². The average Bonchev–Trinajstić information content (AvgIpc) is 1.88. The van der Waals surface area contributed by atoms with E-state index in [0.717, 1.165) is 11.1 Å². The van der Waals surface area contributed by atoms with Crippen LogP contribution in [0.15, 0.2) is 12.3 Å². The summed E-state index contributed by atoms with van der Waals surface area (Å²) in [4.78, 5) is 3.77. The van der Waals surface area contributed by atoms with Gasteiger partial charge in [-0.15, -0.1) is 0 Å². The van der Waals surface area contributed by atoms with Gasteiger partial charge in [-0.05, 0) is 12.5 Å². The Balaban J connectivity index is 2.94. The lowest BCUT2D eigenvalue weighted by atomic mass is 10.2. The van der Waals surface area contributed by atoms with Gasteiger partial charge in [0.05, 0.1) is 12.8 Å². The van der Waals surface area contributed by atoms with E-state index in [-0.39, 0.29) is 6.61 Å². The topological polar surface area (TPSA) is 33.1 Å². The fraction of sp³-hybridized carbons (Fsp3) is 0.286. The number of aromatic nitrogens is 1. The lowest BCUT2D eigenvalue weighted by molar-refractivity contribution is 0.281. The lowest BCUT2D eigenvalue weighted by Crippen LogP contribution is -1.85. The zero-order valence-electron chi connectivity index (χ0n) is 5.26. The largest absolute Gasteiger partial charge is 0.392 e. The van der Waals surface area contributed by atoms with Gasteiger partial charge in [0, 0.05) is 11.8 Å². The summed E-state index contributed by atoms with van der Waals surface area (Å²) < 4.78 is 0. The third kappa shape index (κ3) is 1.50. The summed E-state index contributed by atoms with van der Waals surface area (Å²) in [6.45, 7) is 1.95. The molecule has 0 unspecified atom stereocenters. The molecule has 1 aromatic rings. The van der Waals surface area contributed by atoms with Gasteiger partial charge in [0.1, 0.15) is 0 Å². The SMILES string of the molecule is Cc1cn[c]c(CO)c1. The highest BCUT2D eigenvalue weighted by molar-refractivity contribution is 5.14. The third-order valence-corrected chi connectivity index (χ3v) is 1.05. The molecule has 1 radical (unpaired) electrons. The zero-order valence-corrected chi connectivity index (χ0v) is 5.26. The molecule has 0 saturated heterocycles. The maximum Gasteiger partial charge on any atom is 0.0945 e. The molecule has 9 heavy (non-hydrogen) atoms. The van der Waals surface area contributed by atoms with Crippen LogP contribution in [0.4, 0.5) is 0 Å². The van der Waals surface area contributed by atoms with Crippen molar-refractivity contribution in [2.75, 3.05) is 0 Å². The van der Waals surface area contributed by atoms with E-state index in [2.05, 4.69) is 11.2 Å². The van der Waals surface area contributed by atoms with Crippen LogP contribution in [0.1, 0.15) is 11.1 Å². The van der Waals surface area contributed by atoms with Crippen molar-refractivity contribution in [3.63, 3.8) is 0 Å². The van der Waals surface area contributed by atoms with E-state index in [1.807, 2.05) is 13.0 Å². The summed E-state index contributed by atoms with van der Waals surface area (Å²) in [6.07, 6.45) is 4.37. The Morgan fingerprint density at radius 1 is 1.78 bits per heavy atom. The van der Waals surface area contributed by atoms with Crippen LogP contribution in [0, 0.1) is 13.1 Å². The summed E-state index contributed by atoms with van der Waals surface area (Å²) >= 11 is 0. The highest BCUT2D eigenvalue weighted by Crippen LogP contribution is 1.98. The molecule has 2 nitrogen and oxygen atoms in total. The van der Waals surface area contributed by atoms with Gasteiger partial charge in [-0.2, -0.15) is 0 Å². The number of aryl methyl sites for hydroxylation is 1. The molecule has 0 aliphatic rings. The van der Waals surface area contributed by atoms with Crippen LogP contribution in [0.25, 0.3) is 0 Å². The minimum atomic E-state index is 0.0225. The molecular formula is C7H8NO. The second kappa shape index (κ2) is 2.60. The Hall–Kier alpha value is -0.890. The molecule has 0 aliphatic heterocycles. The van der Waals surface area contributed by atoms with E-state index in [1.165, 1.54) is 0 Å². The Morgan fingerprint density at radius 3 is 3.00 bits per heavy atom. The number of pyridine rings is 1. The van der Waals surface area contributed by atoms with Crippen LogP contribution in [-0.2, 0) is 6.61 Å². The highest BCUT2D eigenvalue weighted by Gasteiger charge is 1.89. The molecular weight excluding hydrogens is 114 g/mol. The first-order chi connectivity index (χ1) is 4.33. The number of hydrogen-bond acceptors (Lipinski definition) is 2. The Labute approximate surface area is 54.2 Å². The molecule has 2 heteroatoms. The first-order valence-corrected chi connectivity index (χ1v) is 2.77. The fourth-order valence-corrected chi connectivity index (χ4v) is 0.642. The summed E-state index contributed by atoms with van der Waals surface area (Å²) in [5, 5.41) is 8.59. The second-order valence-electron chi connectivity index (χ2n) is 1.94. The van der Waals surface area contributed by atoms with Gasteiger partial charge < -0.3 is 5.11 Å². The lowest BCUT2D eigenvalue weighted by Gasteiger charge is -1.93. The van der Waals surface area contributed by atoms with Crippen molar-refractivity contribution in [1.82, 2.24) is 4.98 Å². The van der Waals surface area contributed by atoms with Crippen molar-refractivity contribution < 1.29 is 5.11 Å². The van der Waals surface area contributed by atoms with Crippen molar-refractivity contribution in [1.29, 1.82) is 0 Å². The molecule has 0 aliphatic carbocycles. The number of hydrogen-bond donors (Lipinski definition) is 1. The molecule has 0 fully saturated rings. The maximum absolute atomic E-state index is 8.59. The van der Waals surface area contributed by atoms with Crippen LogP contribution < -0.4 is 0 Å². The van der Waals surface area contributed by atoms with Gasteiger partial charge in [-0.25, -0.2) is 0 Å². The van der Waals surface area contributed by atoms with E-state index < -0.39 is 0 Å². The molecule has 0 spiro atoms. The van der Waals surface area contributed by atoms with Crippen molar-refractivity contribution >= 4 is 0 Å². The molecule has 0 atom stereocenters. The van der Waals surface area contributed by atoms with Crippen molar-refractivity contribution in [3.8, 4) is 0 Å². The van der Waals surface area contributed by atoms with Gasteiger partial charge in [0.2, 0.25) is 0 Å². The minimum Gasteiger partial charge on any atom is -0.392 e.